The summed E-state index contributed by atoms with van der Waals surface area (Å²) in [6.45, 7) is 5.65. The Labute approximate surface area is 157 Å². The summed E-state index contributed by atoms with van der Waals surface area (Å²) in [6.07, 6.45) is 2.80. The van der Waals surface area contributed by atoms with Crippen LogP contribution in [0.4, 0.5) is 0 Å². The average molecular weight is 374 g/mol. The predicted octanol–water partition coefficient (Wildman–Crippen LogP) is -0.323. The van der Waals surface area contributed by atoms with Crippen molar-refractivity contribution in [3.63, 3.8) is 0 Å². The molecule has 9 heteroatoms. The van der Waals surface area contributed by atoms with Crippen LogP contribution in [0.3, 0.4) is 0 Å². The number of carbonyl (C=O) groups excluding carboxylic acids is 3. The highest BCUT2D eigenvalue weighted by Gasteiger charge is 2.17. The molecule has 9 nitrogen and oxygen atoms in total. The molecule has 0 saturated carbocycles. The van der Waals surface area contributed by atoms with E-state index in [0.717, 1.165) is 0 Å². The third-order valence-electron chi connectivity index (χ3n) is 3.62. The van der Waals surface area contributed by atoms with Crippen LogP contribution in [0.15, 0.2) is 42.0 Å². The van der Waals surface area contributed by atoms with Gasteiger partial charge in [-0.15, -0.1) is 6.58 Å². The van der Waals surface area contributed by atoms with Crippen molar-refractivity contribution in [2.24, 2.45) is 5.10 Å². The van der Waals surface area contributed by atoms with E-state index >= 15 is 0 Å². The van der Waals surface area contributed by atoms with Gasteiger partial charge in [0.2, 0.25) is 0 Å². The summed E-state index contributed by atoms with van der Waals surface area (Å²) in [5, 5.41) is 6.08. The fraction of sp³-hybridized carbons (Fsp3) is 0.333. The predicted molar refractivity (Wildman–Crippen MR) is 98.3 cm³/mol. The average Bonchev–Trinajstić information content (AvgIpc) is 2.71. The molecule has 0 spiro atoms. The maximum Gasteiger partial charge on any atom is 0.329 e. The lowest BCUT2D eigenvalue weighted by Gasteiger charge is -2.26. The zero-order chi connectivity index (χ0) is 19.5. The lowest BCUT2D eigenvalue weighted by molar-refractivity contribution is -0.139. The number of nitrogens with zero attached hydrogens (tertiary/aromatic N) is 2. The molecule has 2 N–H and O–H groups in total. The molecule has 1 heterocycles. The molecule has 1 aromatic carbocycles. The Morgan fingerprint density at radius 1 is 1.22 bits per heavy atom. The number of morpholine rings is 1. The van der Waals surface area contributed by atoms with E-state index in [4.69, 9.17) is 9.47 Å². The van der Waals surface area contributed by atoms with Crippen molar-refractivity contribution in [1.82, 2.24) is 15.6 Å². The van der Waals surface area contributed by atoms with E-state index in [-0.39, 0.29) is 19.1 Å². The van der Waals surface area contributed by atoms with Crippen molar-refractivity contribution in [3.05, 3.63) is 42.5 Å². The fourth-order valence-electron chi connectivity index (χ4n) is 2.22. The van der Waals surface area contributed by atoms with Crippen LogP contribution in [0.2, 0.25) is 0 Å². The zero-order valence-electron chi connectivity index (χ0n) is 14.8. The highest BCUT2D eigenvalue weighted by atomic mass is 16.5. The van der Waals surface area contributed by atoms with Crippen LogP contribution in [0.1, 0.15) is 5.56 Å². The second-order valence-electron chi connectivity index (χ2n) is 5.52. The number of rotatable bonds is 7. The van der Waals surface area contributed by atoms with E-state index in [1.54, 1.807) is 29.2 Å². The molecule has 3 amide bonds. The SMILES string of the molecule is C=CCNC(=O)C(=O)N/N=C\c1ccccc1OCC(=O)N1CCOCC1. The largest absolute Gasteiger partial charge is 0.483 e. The first kappa shape index (κ1) is 20.1. The molecule has 0 bridgehead atoms. The summed E-state index contributed by atoms with van der Waals surface area (Å²) in [5.41, 5.74) is 2.68. The Balaban J connectivity index is 1.88. The summed E-state index contributed by atoms with van der Waals surface area (Å²) in [7, 11) is 0. The molecule has 0 aliphatic carbocycles. The quantitative estimate of drug-likeness (QED) is 0.294. The van der Waals surface area contributed by atoms with Crippen molar-refractivity contribution in [2.75, 3.05) is 39.5 Å². The monoisotopic (exact) mass is 374 g/mol. The molecule has 0 atom stereocenters. The van der Waals surface area contributed by atoms with E-state index < -0.39 is 11.8 Å². The molecule has 2 rings (SSSR count). The van der Waals surface area contributed by atoms with Crippen LogP contribution >= 0.6 is 0 Å². The van der Waals surface area contributed by atoms with Gasteiger partial charge in [0.25, 0.3) is 5.91 Å². The maximum absolute atomic E-state index is 12.2. The first-order valence-electron chi connectivity index (χ1n) is 8.41. The van der Waals surface area contributed by atoms with Gasteiger partial charge in [-0.3, -0.25) is 14.4 Å². The van der Waals surface area contributed by atoms with Crippen LogP contribution in [0.5, 0.6) is 5.75 Å². The third kappa shape index (κ3) is 6.55. The number of benzene rings is 1. The number of nitrogens with one attached hydrogen (secondary N) is 2. The first-order valence-corrected chi connectivity index (χ1v) is 8.41. The molecular formula is C18H22N4O5. The second-order valence-corrected chi connectivity index (χ2v) is 5.52. The molecule has 0 aromatic heterocycles. The summed E-state index contributed by atoms with van der Waals surface area (Å²) in [4.78, 5) is 36.8. The van der Waals surface area contributed by atoms with Gasteiger partial charge in [0.05, 0.1) is 19.4 Å². The van der Waals surface area contributed by atoms with Gasteiger partial charge in [-0.25, -0.2) is 5.43 Å². The summed E-state index contributed by atoms with van der Waals surface area (Å²) in [5.74, 6) is -1.40. The number of para-hydroxylation sites is 1. The van der Waals surface area contributed by atoms with Crippen molar-refractivity contribution >= 4 is 23.9 Å². The van der Waals surface area contributed by atoms with Crippen LogP contribution in [-0.4, -0.2) is 68.3 Å². The van der Waals surface area contributed by atoms with Crippen molar-refractivity contribution in [2.45, 2.75) is 0 Å². The normalized spacial score (nSPS) is 13.9. The van der Waals surface area contributed by atoms with Gasteiger partial charge in [0.15, 0.2) is 6.61 Å². The van der Waals surface area contributed by atoms with E-state index in [1.807, 2.05) is 0 Å². The summed E-state index contributed by atoms with van der Waals surface area (Å²) < 4.78 is 10.8. The molecule has 0 unspecified atom stereocenters. The third-order valence-corrected chi connectivity index (χ3v) is 3.62. The van der Waals surface area contributed by atoms with Gasteiger partial charge in [0, 0.05) is 25.2 Å². The highest BCUT2D eigenvalue weighted by molar-refractivity contribution is 6.35. The molecule has 27 heavy (non-hydrogen) atoms. The highest BCUT2D eigenvalue weighted by Crippen LogP contribution is 2.16. The minimum atomic E-state index is -0.894. The molecule has 144 valence electrons. The Bertz CT molecular complexity index is 713. The lowest BCUT2D eigenvalue weighted by atomic mass is 10.2. The number of carbonyl (C=O) groups is 3. The smallest absolute Gasteiger partial charge is 0.329 e. The standard InChI is InChI=1S/C18H22N4O5/c1-2-7-19-17(24)18(25)21-20-12-14-5-3-4-6-15(14)27-13-16(23)22-8-10-26-11-9-22/h2-6,12H,1,7-11,13H2,(H,19,24)(H,21,25)/b20-12-. The van der Waals surface area contributed by atoms with Crippen LogP contribution in [-0.2, 0) is 19.1 Å². The first-order chi connectivity index (χ1) is 13.1. The molecule has 0 radical (unpaired) electrons. The van der Waals surface area contributed by atoms with Crippen LogP contribution in [0.25, 0.3) is 0 Å². The molecule has 1 aromatic rings. The van der Waals surface area contributed by atoms with E-state index in [0.29, 0.717) is 37.6 Å². The van der Waals surface area contributed by atoms with E-state index in [1.165, 1.54) is 12.3 Å². The summed E-state index contributed by atoms with van der Waals surface area (Å²) >= 11 is 0. The number of hydrogen-bond acceptors (Lipinski definition) is 6. The summed E-state index contributed by atoms with van der Waals surface area (Å²) in [6, 6.07) is 6.92. The van der Waals surface area contributed by atoms with Gasteiger partial charge in [-0.05, 0) is 12.1 Å². The Kier molecular flexibility index (Phi) is 7.98. The van der Waals surface area contributed by atoms with Gasteiger partial charge in [0.1, 0.15) is 5.75 Å². The topological polar surface area (TPSA) is 109 Å². The van der Waals surface area contributed by atoms with Gasteiger partial charge in [-0.2, -0.15) is 5.10 Å². The Hall–Kier alpha value is -3.20. The Morgan fingerprint density at radius 3 is 2.70 bits per heavy atom. The molecule has 1 aliphatic heterocycles. The van der Waals surface area contributed by atoms with Crippen molar-refractivity contribution in [1.29, 1.82) is 0 Å². The number of ether oxygens (including phenoxy) is 2. The fourth-order valence-corrected chi connectivity index (χ4v) is 2.22. The second kappa shape index (κ2) is 10.7. The van der Waals surface area contributed by atoms with Crippen molar-refractivity contribution < 1.29 is 23.9 Å². The van der Waals surface area contributed by atoms with Gasteiger partial charge < -0.3 is 19.7 Å². The lowest BCUT2D eigenvalue weighted by Crippen LogP contribution is -2.43. The van der Waals surface area contributed by atoms with Gasteiger partial charge in [-0.1, -0.05) is 18.2 Å². The minimum Gasteiger partial charge on any atom is -0.483 e. The minimum absolute atomic E-state index is 0.110. The molecule has 1 saturated heterocycles. The zero-order valence-corrected chi connectivity index (χ0v) is 14.8. The van der Waals surface area contributed by atoms with Crippen LogP contribution < -0.4 is 15.5 Å². The molecule has 1 fully saturated rings. The number of hydrogen-bond donors (Lipinski definition) is 2. The Morgan fingerprint density at radius 2 is 1.96 bits per heavy atom. The van der Waals surface area contributed by atoms with Gasteiger partial charge >= 0.3 is 11.8 Å². The number of amides is 3. The molecular weight excluding hydrogens is 352 g/mol. The van der Waals surface area contributed by atoms with E-state index in [9.17, 15) is 14.4 Å². The van der Waals surface area contributed by atoms with Crippen LogP contribution in [0, 0.1) is 0 Å². The number of hydrazone groups is 1. The molecule has 1 aliphatic rings. The van der Waals surface area contributed by atoms with Crippen molar-refractivity contribution in [3.8, 4) is 5.75 Å². The maximum atomic E-state index is 12.2. The van der Waals surface area contributed by atoms with E-state index in [2.05, 4.69) is 22.4 Å².